The molecule has 9 heteroatoms. The zero-order valence-electron chi connectivity index (χ0n) is 16.5. The Morgan fingerprint density at radius 2 is 2.00 bits per heavy atom. The molecule has 1 rings (SSSR count). The molecule has 7 nitrogen and oxygen atoms in total. The van der Waals surface area contributed by atoms with Crippen molar-refractivity contribution in [2.75, 3.05) is 19.7 Å². The van der Waals surface area contributed by atoms with Crippen LogP contribution in [-0.4, -0.2) is 60.1 Å². The van der Waals surface area contributed by atoms with Crippen molar-refractivity contribution in [3.05, 3.63) is 0 Å². The maximum atomic E-state index is 13.6. The number of unbranched alkanes of at least 4 members (excludes halogenated alkanes) is 1. The molecule has 1 heterocycles. The van der Waals surface area contributed by atoms with E-state index in [1.165, 1.54) is 0 Å². The number of hydrogen-bond donors (Lipinski definition) is 1. The van der Waals surface area contributed by atoms with Crippen LogP contribution in [0.3, 0.4) is 0 Å². The van der Waals surface area contributed by atoms with E-state index in [2.05, 4.69) is 5.32 Å². The summed E-state index contributed by atoms with van der Waals surface area (Å²) in [5.74, 6) is -3.98. The Balaban J connectivity index is 2.75. The van der Waals surface area contributed by atoms with E-state index in [1.54, 1.807) is 20.8 Å². The maximum Gasteiger partial charge on any atom is 0.407 e. The average molecular weight is 392 g/mol. The van der Waals surface area contributed by atoms with E-state index in [0.717, 1.165) is 11.3 Å². The molecule has 1 unspecified atom stereocenters. The second-order valence-corrected chi connectivity index (χ2v) is 7.75. The van der Waals surface area contributed by atoms with Crippen molar-refractivity contribution in [1.29, 1.82) is 0 Å². The van der Waals surface area contributed by atoms with Gasteiger partial charge in [0.15, 0.2) is 0 Å². The van der Waals surface area contributed by atoms with Gasteiger partial charge in [-0.2, -0.15) is 0 Å². The van der Waals surface area contributed by atoms with Gasteiger partial charge in [-0.25, -0.2) is 13.6 Å². The number of alkyl halides is 2. The summed E-state index contributed by atoms with van der Waals surface area (Å²) in [5.41, 5.74) is -0.760. The summed E-state index contributed by atoms with van der Waals surface area (Å²) in [5, 5.41) is 2.49. The number of likely N-dealkylation sites (tertiary alicyclic amines) is 1. The number of ether oxygens (including phenoxy) is 2. The number of nitrogens with one attached hydrogen (secondary N) is 1. The molecule has 1 atom stereocenters. The Morgan fingerprint density at radius 1 is 1.33 bits per heavy atom. The van der Waals surface area contributed by atoms with Crippen molar-refractivity contribution >= 4 is 18.0 Å². The monoisotopic (exact) mass is 392 g/mol. The van der Waals surface area contributed by atoms with Gasteiger partial charge in [0, 0.05) is 19.4 Å². The van der Waals surface area contributed by atoms with Gasteiger partial charge in [-0.1, -0.05) is 13.3 Å². The zero-order valence-corrected chi connectivity index (χ0v) is 16.5. The van der Waals surface area contributed by atoms with Gasteiger partial charge in [-0.3, -0.25) is 9.59 Å². The van der Waals surface area contributed by atoms with Crippen molar-refractivity contribution in [3.8, 4) is 0 Å². The van der Waals surface area contributed by atoms with Crippen LogP contribution in [0.15, 0.2) is 0 Å². The normalized spacial score (nSPS) is 18.0. The molecule has 0 aromatic heterocycles. The number of alkyl carbamates (subject to hydrolysis) is 1. The first-order chi connectivity index (χ1) is 12.4. The van der Waals surface area contributed by atoms with Gasteiger partial charge in [0.1, 0.15) is 5.60 Å². The van der Waals surface area contributed by atoms with Gasteiger partial charge in [0.2, 0.25) is 5.91 Å². The number of esters is 1. The molecular weight excluding hydrogens is 362 g/mol. The van der Waals surface area contributed by atoms with Crippen molar-refractivity contribution in [2.24, 2.45) is 0 Å². The van der Waals surface area contributed by atoms with Gasteiger partial charge >= 0.3 is 12.1 Å². The Morgan fingerprint density at radius 3 is 2.59 bits per heavy atom. The van der Waals surface area contributed by atoms with Crippen molar-refractivity contribution in [2.45, 2.75) is 77.4 Å². The van der Waals surface area contributed by atoms with E-state index < -0.39 is 48.5 Å². The van der Waals surface area contributed by atoms with E-state index in [9.17, 15) is 23.2 Å². The summed E-state index contributed by atoms with van der Waals surface area (Å²) in [6, 6.07) is -0.883. The van der Waals surface area contributed by atoms with E-state index in [-0.39, 0.29) is 26.0 Å². The van der Waals surface area contributed by atoms with Crippen LogP contribution in [0.2, 0.25) is 0 Å². The first-order valence-corrected chi connectivity index (χ1v) is 9.22. The maximum absolute atomic E-state index is 13.6. The number of halogens is 2. The molecule has 156 valence electrons. The van der Waals surface area contributed by atoms with Gasteiger partial charge in [-0.15, -0.1) is 0 Å². The number of piperidine rings is 1. The number of carbonyl (C=O) groups is 3. The lowest BCUT2D eigenvalue weighted by Crippen LogP contribution is -2.53. The fraction of sp³-hybridized carbons (Fsp3) is 0.833. The van der Waals surface area contributed by atoms with Crippen LogP contribution >= 0.6 is 0 Å². The number of rotatable bonds is 8. The first-order valence-electron chi connectivity index (χ1n) is 9.22. The van der Waals surface area contributed by atoms with E-state index >= 15 is 0 Å². The highest BCUT2D eigenvalue weighted by atomic mass is 19.3. The minimum absolute atomic E-state index is 0.212. The van der Waals surface area contributed by atoms with Crippen molar-refractivity contribution in [3.63, 3.8) is 0 Å². The Kier molecular flexibility index (Phi) is 8.43. The summed E-state index contributed by atoms with van der Waals surface area (Å²) >= 11 is 0. The third-order valence-corrected chi connectivity index (χ3v) is 3.82. The lowest BCUT2D eigenvalue weighted by Gasteiger charge is -2.34. The fourth-order valence-electron chi connectivity index (χ4n) is 2.55. The minimum atomic E-state index is -2.98. The molecule has 0 bridgehead atoms. The van der Waals surface area contributed by atoms with Crippen molar-refractivity contribution < 1.29 is 32.6 Å². The molecule has 2 amide bonds. The summed E-state index contributed by atoms with van der Waals surface area (Å²) < 4.78 is 37.5. The Labute approximate surface area is 158 Å². The summed E-state index contributed by atoms with van der Waals surface area (Å²) in [7, 11) is 0. The molecule has 0 aromatic rings. The predicted octanol–water partition coefficient (Wildman–Crippen LogP) is 2.87. The third kappa shape index (κ3) is 9.53. The molecule has 27 heavy (non-hydrogen) atoms. The smallest absolute Gasteiger partial charge is 0.407 e. The fourth-order valence-corrected chi connectivity index (χ4v) is 2.55. The first kappa shape index (κ1) is 23.1. The largest absolute Gasteiger partial charge is 0.466 e. The van der Waals surface area contributed by atoms with Gasteiger partial charge in [-0.05, 0) is 27.2 Å². The van der Waals surface area contributed by atoms with Crippen LogP contribution in [0.4, 0.5) is 13.6 Å². The molecule has 0 radical (unpaired) electrons. The van der Waals surface area contributed by atoms with Gasteiger partial charge in [0.25, 0.3) is 5.92 Å². The second kappa shape index (κ2) is 9.85. The Hall–Kier alpha value is -1.93. The second-order valence-electron chi connectivity index (χ2n) is 7.75. The third-order valence-electron chi connectivity index (χ3n) is 3.82. The SMILES string of the molecule is CCCCOC(=O)CC(CN1CC(F)(F)CCC1=O)NC(=O)OC(C)(C)C. The van der Waals surface area contributed by atoms with Gasteiger partial charge < -0.3 is 19.7 Å². The quantitative estimate of drug-likeness (QED) is 0.507. The summed E-state index contributed by atoms with van der Waals surface area (Å²) in [4.78, 5) is 36.9. The van der Waals surface area contributed by atoms with Crippen LogP contribution in [0.25, 0.3) is 0 Å². The molecule has 1 N–H and O–H groups in total. The van der Waals surface area contributed by atoms with Crippen LogP contribution < -0.4 is 5.32 Å². The van der Waals surface area contributed by atoms with Crippen LogP contribution in [0.5, 0.6) is 0 Å². The summed E-state index contributed by atoms with van der Waals surface area (Å²) in [6.07, 6.45) is -0.237. The topological polar surface area (TPSA) is 84.9 Å². The zero-order chi connectivity index (χ0) is 20.7. The highest BCUT2D eigenvalue weighted by molar-refractivity contribution is 5.78. The molecule has 0 aromatic carbocycles. The lowest BCUT2D eigenvalue weighted by atomic mass is 10.1. The number of amides is 2. The van der Waals surface area contributed by atoms with E-state index in [0.29, 0.717) is 6.42 Å². The van der Waals surface area contributed by atoms with E-state index in [1.807, 2.05) is 6.92 Å². The van der Waals surface area contributed by atoms with Gasteiger partial charge in [0.05, 0.1) is 25.6 Å². The number of carbonyl (C=O) groups excluding carboxylic acids is 3. The predicted molar refractivity (Wildman–Crippen MR) is 94.4 cm³/mol. The van der Waals surface area contributed by atoms with Crippen LogP contribution in [0.1, 0.15) is 59.8 Å². The highest BCUT2D eigenvalue weighted by Gasteiger charge is 2.40. The molecule has 1 aliphatic heterocycles. The standard InChI is InChI=1S/C18H30F2N2O5/c1-5-6-9-26-15(24)10-13(21-16(25)27-17(2,3)4)11-22-12-18(19,20)8-7-14(22)23/h13H,5-12H2,1-4H3,(H,21,25). The average Bonchev–Trinajstić information content (AvgIpc) is 2.49. The highest BCUT2D eigenvalue weighted by Crippen LogP contribution is 2.27. The number of hydrogen-bond acceptors (Lipinski definition) is 5. The lowest BCUT2D eigenvalue weighted by molar-refractivity contribution is -0.149. The van der Waals surface area contributed by atoms with Crippen LogP contribution in [0, 0.1) is 0 Å². The molecule has 1 aliphatic rings. The molecule has 0 spiro atoms. The summed E-state index contributed by atoms with van der Waals surface area (Å²) in [6.45, 7) is 6.28. The molecule has 0 saturated carbocycles. The molecule has 0 aliphatic carbocycles. The number of nitrogens with zero attached hydrogens (tertiary/aromatic N) is 1. The van der Waals surface area contributed by atoms with E-state index in [4.69, 9.17) is 9.47 Å². The molecule has 1 fully saturated rings. The Bertz CT molecular complexity index is 534. The minimum Gasteiger partial charge on any atom is -0.466 e. The molecule has 1 saturated heterocycles. The van der Waals surface area contributed by atoms with Crippen molar-refractivity contribution in [1.82, 2.24) is 10.2 Å². The molecular formula is C18H30F2N2O5. The van der Waals surface area contributed by atoms with Crippen LogP contribution in [-0.2, 0) is 19.1 Å².